The van der Waals surface area contributed by atoms with E-state index in [-0.39, 0.29) is 12.4 Å². The van der Waals surface area contributed by atoms with Crippen LogP contribution in [0.15, 0.2) is 35.1 Å². The van der Waals surface area contributed by atoms with Gasteiger partial charge in [0.15, 0.2) is 0 Å². The summed E-state index contributed by atoms with van der Waals surface area (Å²) in [5.74, 6) is 0.958. The third-order valence-electron chi connectivity index (χ3n) is 2.95. The molecule has 2 aromatic heterocycles. The number of furan rings is 1. The second-order valence-electron chi connectivity index (χ2n) is 4.21. The van der Waals surface area contributed by atoms with Crippen LogP contribution >= 0.6 is 12.4 Å². The van der Waals surface area contributed by atoms with Crippen LogP contribution in [-0.2, 0) is 13.1 Å². The van der Waals surface area contributed by atoms with E-state index in [1.165, 1.54) is 5.69 Å². The largest absolute Gasteiger partial charge is 0.468 e. The Balaban J connectivity index is 0.00000162. The number of hydrogen-bond donors (Lipinski definition) is 1. The average Bonchev–Trinajstić information content (AvgIpc) is 2.99. The van der Waals surface area contributed by atoms with E-state index in [1.54, 1.807) is 6.26 Å². The molecule has 0 spiro atoms. The molecule has 18 heavy (non-hydrogen) atoms. The molecule has 0 radical (unpaired) electrons. The lowest BCUT2D eigenvalue weighted by Crippen LogP contribution is -2.17. The van der Waals surface area contributed by atoms with Gasteiger partial charge in [-0.2, -0.15) is 5.10 Å². The molecule has 0 aliphatic carbocycles. The van der Waals surface area contributed by atoms with Crippen LogP contribution in [0.5, 0.6) is 0 Å². The Morgan fingerprint density at radius 3 is 2.89 bits per heavy atom. The first-order chi connectivity index (χ1) is 8.31. The van der Waals surface area contributed by atoms with Gasteiger partial charge in [0.05, 0.1) is 18.5 Å². The van der Waals surface area contributed by atoms with Crippen molar-refractivity contribution in [1.29, 1.82) is 0 Å². The van der Waals surface area contributed by atoms with Gasteiger partial charge in [0.2, 0.25) is 0 Å². The molecule has 0 saturated carbocycles. The first kappa shape index (κ1) is 14.8. The maximum atomic E-state index is 5.27. The molecule has 0 aliphatic heterocycles. The molecule has 100 valence electrons. The third kappa shape index (κ3) is 3.62. The van der Waals surface area contributed by atoms with Gasteiger partial charge in [-0.1, -0.05) is 6.92 Å². The molecular formula is C13H20ClN3O. The molecule has 0 fully saturated rings. The Hall–Kier alpha value is -1.26. The van der Waals surface area contributed by atoms with Crippen LogP contribution in [-0.4, -0.2) is 9.78 Å². The highest BCUT2D eigenvalue weighted by Crippen LogP contribution is 2.12. The summed E-state index contributed by atoms with van der Waals surface area (Å²) in [7, 11) is 0. The standard InChI is InChI=1S/C13H19N3O.ClH/c1-3-11(2)16-12(6-7-15-16)9-14-10-13-5-4-8-17-13;/h4-8,11,14H,3,9-10H2,1-2H3;1H. The van der Waals surface area contributed by atoms with Gasteiger partial charge in [-0.05, 0) is 31.5 Å². The van der Waals surface area contributed by atoms with Crippen molar-refractivity contribution < 1.29 is 4.42 Å². The minimum absolute atomic E-state index is 0. The molecular weight excluding hydrogens is 250 g/mol. The zero-order chi connectivity index (χ0) is 12.1. The SMILES string of the molecule is CCC(C)n1nccc1CNCc1ccco1.Cl. The Bertz CT molecular complexity index is 439. The maximum absolute atomic E-state index is 5.27. The number of rotatable bonds is 6. The fourth-order valence-corrected chi connectivity index (χ4v) is 1.78. The monoisotopic (exact) mass is 269 g/mol. The van der Waals surface area contributed by atoms with Gasteiger partial charge < -0.3 is 9.73 Å². The summed E-state index contributed by atoms with van der Waals surface area (Å²) in [6.07, 6.45) is 4.64. The predicted molar refractivity (Wildman–Crippen MR) is 73.7 cm³/mol. The van der Waals surface area contributed by atoms with Crippen molar-refractivity contribution in [2.75, 3.05) is 0 Å². The van der Waals surface area contributed by atoms with Gasteiger partial charge in [0, 0.05) is 18.8 Å². The van der Waals surface area contributed by atoms with E-state index < -0.39 is 0 Å². The van der Waals surface area contributed by atoms with E-state index in [9.17, 15) is 0 Å². The number of nitrogens with zero attached hydrogens (tertiary/aromatic N) is 2. The van der Waals surface area contributed by atoms with Crippen LogP contribution in [0.2, 0.25) is 0 Å². The highest BCUT2D eigenvalue weighted by atomic mass is 35.5. The molecule has 0 aliphatic rings. The van der Waals surface area contributed by atoms with Crippen molar-refractivity contribution in [2.45, 2.75) is 39.4 Å². The molecule has 2 rings (SSSR count). The summed E-state index contributed by atoms with van der Waals surface area (Å²) >= 11 is 0. The lowest BCUT2D eigenvalue weighted by Gasteiger charge is -2.13. The van der Waals surface area contributed by atoms with Crippen LogP contribution in [0, 0.1) is 0 Å². The van der Waals surface area contributed by atoms with Gasteiger partial charge in [-0.3, -0.25) is 4.68 Å². The number of halogens is 1. The smallest absolute Gasteiger partial charge is 0.117 e. The van der Waals surface area contributed by atoms with Crippen LogP contribution in [0.4, 0.5) is 0 Å². The van der Waals surface area contributed by atoms with Crippen molar-refractivity contribution in [3.8, 4) is 0 Å². The predicted octanol–water partition coefficient (Wildman–Crippen LogP) is 3.16. The van der Waals surface area contributed by atoms with E-state index in [2.05, 4.69) is 35.0 Å². The molecule has 0 aromatic carbocycles. The van der Waals surface area contributed by atoms with Gasteiger partial charge in [-0.25, -0.2) is 0 Å². The molecule has 1 N–H and O–H groups in total. The van der Waals surface area contributed by atoms with Crippen molar-refractivity contribution in [2.24, 2.45) is 0 Å². The zero-order valence-corrected chi connectivity index (χ0v) is 11.6. The van der Waals surface area contributed by atoms with Gasteiger partial charge >= 0.3 is 0 Å². The quantitative estimate of drug-likeness (QED) is 0.876. The van der Waals surface area contributed by atoms with Crippen molar-refractivity contribution in [3.63, 3.8) is 0 Å². The minimum atomic E-state index is 0. The minimum Gasteiger partial charge on any atom is -0.468 e. The first-order valence-electron chi connectivity index (χ1n) is 6.06. The highest BCUT2D eigenvalue weighted by molar-refractivity contribution is 5.85. The topological polar surface area (TPSA) is 43.0 Å². The average molecular weight is 270 g/mol. The summed E-state index contributed by atoms with van der Waals surface area (Å²) in [6, 6.07) is 6.38. The van der Waals surface area contributed by atoms with Gasteiger partial charge in [0.25, 0.3) is 0 Å². The molecule has 0 saturated heterocycles. The Morgan fingerprint density at radius 2 is 2.22 bits per heavy atom. The molecule has 5 heteroatoms. The van der Waals surface area contributed by atoms with Crippen LogP contribution < -0.4 is 5.32 Å². The Morgan fingerprint density at radius 1 is 1.39 bits per heavy atom. The van der Waals surface area contributed by atoms with Crippen LogP contribution in [0.3, 0.4) is 0 Å². The van der Waals surface area contributed by atoms with E-state index >= 15 is 0 Å². The van der Waals surface area contributed by atoms with E-state index in [0.717, 1.165) is 25.3 Å². The fourth-order valence-electron chi connectivity index (χ4n) is 1.78. The zero-order valence-electron chi connectivity index (χ0n) is 10.8. The molecule has 0 amide bonds. The highest BCUT2D eigenvalue weighted by Gasteiger charge is 2.07. The Labute approximate surface area is 114 Å². The summed E-state index contributed by atoms with van der Waals surface area (Å²) in [6.45, 7) is 5.92. The molecule has 0 bridgehead atoms. The normalized spacial score (nSPS) is 12.1. The lowest BCUT2D eigenvalue weighted by atomic mass is 10.2. The molecule has 1 unspecified atom stereocenters. The molecule has 4 nitrogen and oxygen atoms in total. The number of aromatic nitrogens is 2. The van der Waals surface area contributed by atoms with E-state index in [0.29, 0.717) is 6.04 Å². The molecule has 2 aromatic rings. The first-order valence-corrected chi connectivity index (χ1v) is 6.06. The van der Waals surface area contributed by atoms with Crippen molar-refractivity contribution in [3.05, 3.63) is 42.1 Å². The molecule has 1 atom stereocenters. The maximum Gasteiger partial charge on any atom is 0.117 e. The number of hydrogen-bond acceptors (Lipinski definition) is 3. The Kier molecular flexibility index (Phi) is 5.95. The van der Waals surface area contributed by atoms with Crippen molar-refractivity contribution >= 4 is 12.4 Å². The fraction of sp³-hybridized carbons (Fsp3) is 0.462. The van der Waals surface area contributed by atoms with E-state index in [4.69, 9.17) is 4.42 Å². The van der Waals surface area contributed by atoms with Gasteiger partial charge in [0.1, 0.15) is 5.76 Å². The van der Waals surface area contributed by atoms with E-state index in [1.807, 2.05) is 18.3 Å². The van der Waals surface area contributed by atoms with Crippen LogP contribution in [0.25, 0.3) is 0 Å². The summed E-state index contributed by atoms with van der Waals surface area (Å²) in [5, 5.41) is 7.71. The number of nitrogens with one attached hydrogen (secondary N) is 1. The van der Waals surface area contributed by atoms with Crippen LogP contribution in [0.1, 0.15) is 37.8 Å². The van der Waals surface area contributed by atoms with Crippen molar-refractivity contribution in [1.82, 2.24) is 15.1 Å². The third-order valence-corrected chi connectivity index (χ3v) is 2.95. The summed E-state index contributed by atoms with van der Waals surface area (Å²) in [5.41, 5.74) is 1.21. The second kappa shape index (κ2) is 7.24. The lowest BCUT2D eigenvalue weighted by molar-refractivity contribution is 0.441. The summed E-state index contributed by atoms with van der Waals surface area (Å²) < 4.78 is 7.35. The molecule has 2 heterocycles. The second-order valence-corrected chi connectivity index (χ2v) is 4.21. The van der Waals surface area contributed by atoms with Gasteiger partial charge in [-0.15, -0.1) is 12.4 Å². The summed E-state index contributed by atoms with van der Waals surface area (Å²) in [4.78, 5) is 0.